The van der Waals surface area contributed by atoms with Crippen molar-refractivity contribution in [3.05, 3.63) is 47.5 Å². The first-order valence-corrected chi connectivity index (χ1v) is 5.93. The van der Waals surface area contributed by atoms with Crippen molar-refractivity contribution in [3.8, 4) is 10.7 Å². The highest BCUT2D eigenvalue weighted by Gasteiger charge is 2.04. The zero-order valence-electron chi connectivity index (χ0n) is 8.84. The molecule has 0 unspecified atom stereocenters. The first-order valence-electron chi connectivity index (χ1n) is 5.11. The Kier molecular flexibility index (Phi) is 2.18. The van der Waals surface area contributed by atoms with Crippen molar-refractivity contribution < 1.29 is 0 Å². The van der Waals surface area contributed by atoms with Gasteiger partial charge in [0, 0.05) is 16.5 Å². The number of aryl methyl sites for hydroxylation is 1. The van der Waals surface area contributed by atoms with Gasteiger partial charge in [0.2, 0.25) is 0 Å². The summed E-state index contributed by atoms with van der Waals surface area (Å²) < 4.78 is 0. The number of thiazole rings is 1. The van der Waals surface area contributed by atoms with E-state index in [9.17, 15) is 0 Å². The van der Waals surface area contributed by atoms with Gasteiger partial charge in [-0.05, 0) is 19.1 Å². The first-order chi connectivity index (χ1) is 7.83. The SMILES string of the molecule is Cc1cnc(-c2ccc3ccccc3n2)s1. The molecular formula is C13H10N2S. The van der Waals surface area contributed by atoms with Crippen LogP contribution in [0.15, 0.2) is 42.6 Å². The molecule has 0 aliphatic rings. The molecule has 78 valence electrons. The van der Waals surface area contributed by atoms with Crippen molar-refractivity contribution in [1.29, 1.82) is 0 Å². The van der Waals surface area contributed by atoms with Crippen molar-refractivity contribution in [2.45, 2.75) is 6.92 Å². The quantitative estimate of drug-likeness (QED) is 0.632. The summed E-state index contributed by atoms with van der Waals surface area (Å²) in [5.41, 5.74) is 1.98. The minimum atomic E-state index is 0.955. The number of rotatable bonds is 1. The van der Waals surface area contributed by atoms with Gasteiger partial charge < -0.3 is 0 Å². The molecule has 0 fully saturated rings. The number of nitrogens with zero attached hydrogens (tertiary/aromatic N) is 2. The number of aromatic nitrogens is 2. The molecule has 2 nitrogen and oxygen atoms in total. The largest absolute Gasteiger partial charge is 0.245 e. The molecule has 0 atom stereocenters. The van der Waals surface area contributed by atoms with E-state index in [2.05, 4.69) is 29.0 Å². The van der Waals surface area contributed by atoms with Crippen LogP contribution in [-0.4, -0.2) is 9.97 Å². The molecule has 0 aliphatic carbocycles. The van der Waals surface area contributed by atoms with Gasteiger partial charge >= 0.3 is 0 Å². The molecule has 3 heteroatoms. The van der Waals surface area contributed by atoms with Crippen molar-refractivity contribution >= 4 is 22.2 Å². The summed E-state index contributed by atoms with van der Waals surface area (Å²) >= 11 is 1.68. The maximum Gasteiger partial charge on any atom is 0.142 e. The average Bonchev–Trinajstić information content (AvgIpc) is 2.75. The predicted octanol–water partition coefficient (Wildman–Crippen LogP) is 3.67. The second-order valence-corrected chi connectivity index (χ2v) is 4.90. The Morgan fingerprint density at radius 2 is 1.94 bits per heavy atom. The minimum Gasteiger partial charge on any atom is -0.245 e. The van der Waals surface area contributed by atoms with Crippen molar-refractivity contribution in [2.75, 3.05) is 0 Å². The summed E-state index contributed by atoms with van der Waals surface area (Å²) in [4.78, 5) is 10.2. The molecule has 3 aromatic rings. The highest BCUT2D eigenvalue weighted by atomic mass is 32.1. The fraction of sp³-hybridized carbons (Fsp3) is 0.0769. The van der Waals surface area contributed by atoms with Crippen molar-refractivity contribution in [3.63, 3.8) is 0 Å². The lowest BCUT2D eigenvalue weighted by Crippen LogP contribution is -1.83. The van der Waals surface area contributed by atoms with Crippen LogP contribution in [0.1, 0.15) is 4.88 Å². The Bertz CT molecular complexity index is 643. The van der Waals surface area contributed by atoms with Gasteiger partial charge in [0.1, 0.15) is 5.01 Å². The molecular weight excluding hydrogens is 216 g/mol. The normalized spacial score (nSPS) is 10.8. The fourth-order valence-corrected chi connectivity index (χ4v) is 2.39. The Morgan fingerprint density at radius 3 is 2.75 bits per heavy atom. The van der Waals surface area contributed by atoms with Crippen molar-refractivity contribution in [1.82, 2.24) is 9.97 Å². The third-order valence-electron chi connectivity index (χ3n) is 2.44. The third kappa shape index (κ3) is 1.59. The van der Waals surface area contributed by atoms with Crippen LogP contribution in [0.5, 0.6) is 0 Å². The molecule has 0 saturated carbocycles. The van der Waals surface area contributed by atoms with Gasteiger partial charge in [-0.25, -0.2) is 9.97 Å². The molecule has 0 radical (unpaired) electrons. The smallest absolute Gasteiger partial charge is 0.142 e. The predicted molar refractivity (Wildman–Crippen MR) is 67.6 cm³/mol. The highest BCUT2D eigenvalue weighted by Crippen LogP contribution is 2.24. The number of para-hydroxylation sites is 1. The lowest BCUT2D eigenvalue weighted by Gasteiger charge is -1.99. The van der Waals surface area contributed by atoms with Crippen LogP contribution in [0.4, 0.5) is 0 Å². The van der Waals surface area contributed by atoms with Gasteiger partial charge in [-0.1, -0.05) is 24.3 Å². The van der Waals surface area contributed by atoms with E-state index in [1.165, 1.54) is 10.3 Å². The molecule has 0 amide bonds. The maximum atomic E-state index is 4.61. The Balaban J connectivity index is 2.18. The van der Waals surface area contributed by atoms with E-state index in [-0.39, 0.29) is 0 Å². The molecule has 16 heavy (non-hydrogen) atoms. The molecule has 0 bridgehead atoms. The second-order valence-electron chi connectivity index (χ2n) is 3.67. The van der Waals surface area contributed by atoms with Gasteiger partial charge in [-0.3, -0.25) is 0 Å². The van der Waals surface area contributed by atoms with Crippen LogP contribution in [0.2, 0.25) is 0 Å². The second kappa shape index (κ2) is 3.68. The zero-order valence-corrected chi connectivity index (χ0v) is 9.66. The third-order valence-corrected chi connectivity index (χ3v) is 3.37. The van der Waals surface area contributed by atoms with E-state index in [4.69, 9.17) is 0 Å². The maximum absolute atomic E-state index is 4.61. The van der Waals surface area contributed by atoms with E-state index in [0.717, 1.165) is 16.2 Å². The summed E-state index contributed by atoms with van der Waals surface area (Å²) in [5, 5.41) is 2.16. The molecule has 2 heterocycles. The Morgan fingerprint density at radius 1 is 1.06 bits per heavy atom. The summed E-state index contributed by atoms with van der Waals surface area (Å²) in [7, 11) is 0. The molecule has 0 spiro atoms. The lowest BCUT2D eigenvalue weighted by molar-refractivity contribution is 1.33. The number of benzene rings is 1. The van der Waals surface area contributed by atoms with Gasteiger partial charge in [-0.15, -0.1) is 11.3 Å². The van der Waals surface area contributed by atoms with Crippen LogP contribution in [0.3, 0.4) is 0 Å². The zero-order chi connectivity index (χ0) is 11.0. The molecule has 3 rings (SSSR count). The monoisotopic (exact) mass is 226 g/mol. The number of hydrogen-bond donors (Lipinski definition) is 0. The van der Waals surface area contributed by atoms with E-state index in [1.54, 1.807) is 11.3 Å². The molecule has 0 saturated heterocycles. The molecule has 0 aliphatic heterocycles. The Hall–Kier alpha value is -1.74. The number of fused-ring (bicyclic) bond motifs is 1. The van der Waals surface area contributed by atoms with Gasteiger partial charge in [0.25, 0.3) is 0 Å². The van der Waals surface area contributed by atoms with Gasteiger partial charge in [0.15, 0.2) is 0 Å². The fourth-order valence-electron chi connectivity index (χ4n) is 1.66. The summed E-state index contributed by atoms with van der Waals surface area (Å²) in [6, 6.07) is 12.2. The van der Waals surface area contributed by atoms with Crippen LogP contribution in [0, 0.1) is 6.92 Å². The van der Waals surface area contributed by atoms with Crippen LogP contribution in [0.25, 0.3) is 21.6 Å². The standard InChI is InChI=1S/C13H10N2S/c1-9-8-14-13(16-9)12-7-6-10-4-2-3-5-11(10)15-12/h2-8H,1H3. The molecule has 1 aromatic carbocycles. The molecule has 2 aromatic heterocycles. The number of pyridine rings is 1. The first kappa shape index (κ1) is 9.48. The lowest BCUT2D eigenvalue weighted by atomic mass is 10.2. The summed E-state index contributed by atoms with van der Waals surface area (Å²) in [6.07, 6.45) is 1.89. The number of hydrogen-bond acceptors (Lipinski definition) is 3. The van der Waals surface area contributed by atoms with Gasteiger partial charge in [-0.2, -0.15) is 0 Å². The van der Waals surface area contributed by atoms with Crippen molar-refractivity contribution in [2.24, 2.45) is 0 Å². The molecule has 0 N–H and O–H groups in total. The van der Waals surface area contributed by atoms with E-state index >= 15 is 0 Å². The highest BCUT2D eigenvalue weighted by molar-refractivity contribution is 7.14. The summed E-state index contributed by atoms with van der Waals surface area (Å²) in [6.45, 7) is 2.06. The topological polar surface area (TPSA) is 25.8 Å². The van der Waals surface area contributed by atoms with Crippen LogP contribution in [-0.2, 0) is 0 Å². The average molecular weight is 226 g/mol. The Labute approximate surface area is 97.6 Å². The van der Waals surface area contributed by atoms with Crippen LogP contribution >= 0.6 is 11.3 Å². The summed E-state index contributed by atoms with van der Waals surface area (Å²) in [5.74, 6) is 0. The van der Waals surface area contributed by atoms with E-state index in [1.807, 2.05) is 30.5 Å². The van der Waals surface area contributed by atoms with Gasteiger partial charge in [0.05, 0.1) is 11.2 Å². The van der Waals surface area contributed by atoms with E-state index in [0.29, 0.717) is 0 Å². The minimum absolute atomic E-state index is 0.955. The van der Waals surface area contributed by atoms with Crippen LogP contribution < -0.4 is 0 Å². The van der Waals surface area contributed by atoms with E-state index < -0.39 is 0 Å².